The number of amides is 1. The number of carbonyl (C=O) groups is 2. The van der Waals surface area contributed by atoms with Crippen molar-refractivity contribution in [3.05, 3.63) is 28.8 Å². The van der Waals surface area contributed by atoms with E-state index in [2.05, 4.69) is 5.32 Å². The monoisotopic (exact) mass is 255 g/mol. The second-order valence-electron chi connectivity index (χ2n) is 3.52. The van der Waals surface area contributed by atoms with Gasteiger partial charge in [0.25, 0.3) is 5.91 Å². The fraction of sp³-hybridized carbons (Fsp3) is 0.333. The molecule has 17 heavy (non-hydrogen) atoms. The molecule has 0 unspecified atom stereocenters. The second kappa shape index (κ2) is 6.25. The zero-order chi connectivity index (χ0) is 12.8. The Morgan fingerprint density at radius 3 is 2.65 bits per heavy atom. The zero-order valence-electron chi connectivity index (χ0n) is 9.75. The molecule has 0 aliphatic carbocycles. The molecule has 1 aromatic rings. The van der Waals surface area contributed by atoms with Gasteiger partial charge in [-0.1, -0.05) is 17.7 Å². The molecule has 0 aliphatic heterocycles. The molecular formula is C12H14ClNO3. The van der Waals surface area contributed by atoms with Crippen molar-refractivity contribution in [3.8, 4) is 5.75 Å². The van der Waals surface area contributed by atoms with Crippen molar-refractivity contribution in [1.29, 1.82) is 0 Å². The van der Waals surface area contributed by atoms with E-state index in [0.29, 0.717) is 23.7 Å². The van der Waals surface area contributed by atoms with Crippen LogP contribution in [0.5, 0.6) is 5.75 Å². The lowest BCUT2D eigenvalue weighted by Crippen LogP contribution is -2.30. The highest BCUT2D eigenvalue weighted by Gasteiger charge is 2.07. The van der Waals surface area contributed by atoms with Crippen molar-refractivity contribution in [3.63, 3.8) is 0 Å². The van der Waals surface area contributed by atoms with E-state index in [-0.39, 0.29) is 0 Å². The lowest BCUT2D eigenvalue weighted by atomic mass is 10.1. The summed E-state index contributed by atoms with van der Waals surface area (Å²) in [5.41, 5.74) is 0.899. The van der Waals surface area contributed by atoms with Crippen molar-refractivity contribution in [2.45, 2.75) is 13.3 Å². The molecule has 1 aromatic carbocycles. The minimum atomic E-state index is -0.574. The Hall–Kier alpha value is -1.55. The van der Waals surface area contributed by atoms with Crippen LogP contribution in [0.3, 0.4) is 0 Å². The van der Waals surface area contributed by atoms with Crippen LogP contribution in [0.4, 0.5) is 0 Å². The Balaban J connectivity index is 2.52. The number of ketones is 1. The Morgan fingerprint density at radius 2 is 2.12 bits per heavy atom. The summed E-state index contributed by atoms with van der Waals surface area (Å²) < 4.78 is 5.03. The van der Waals surface area contributed by atoms with Gasteiger partial charge >= 0.3 is 0 Å². The Bertz CT molecular complexity index is 432. The quantitative estimate of drug-likeness (QED) is 0.813. The summed E-state index contributed by atoms with van der Waals surface area (Å²) in [5, 5.41) is 3.09. The molecule has 0 aromatic heterocycles. The Morgan fingerprint density at radius 1 is 1.41 bits per heavy atom. The van der Waals surface area contributed by atoms with Crippen LogP contribution in [0, 0.1) is 0 Å². The molecule has 0 saturated carbocycles. The van der Waals surface area contributed by atoms with Crippen LogP contribution in [-0.4, -0.2) is 25.3 Å². The molecule has 4 nitrogen and oxygen atoms in total. The summed E-state index contributed by atoms with van der Waals surface area (Å²) in [6.45, 7) is 1.61. The molecule has 1 N–H and O–H groups in total. The third-order valence-electron chi connectivity index (χ3n) is 2.26. The van der Waals surface area contributed by atoms with Gasteiger partial charge in [0.15, 0.2) is 0 Å². The summed E-state index contributed by atoms with van der Waals surface area (Å²) in [4.78, 5) is 21.7. The normalized spacial score (nSPS) is 9.82. The minimum absolute atomic E-state index is 0.379. The molecule has 0 bridgehead atoms. The fourth-order valence-electron chi connectivity index (χ4n) is 1.29. The van der Waals surface area contributed by atoms with Gasteiger partial charge in [-0.2, -0.15) is 0 Å². The van der Waals surface area contributed by atoms with Crippen LogP contribution in [0.2, 0.25) is 5.02 Å². The molecule has 1 amide bonds. The van der Waals surface area contributed by atoms with E-state index in [4.69, 9.17) is 16.3 Å². The van der Waals surface area contributed by atoms with Gasteiger partial charge in [0.2, 0.25) is 5.78 Å². The SMILES string of the molecule is COc1ccc(CCNC(=O)C(C)=O)c(Cl)c1. The first kappa shape index (κ1) is 13.5. The van der Waals surface area contributed by atoms with Crippen molar-refractivity contribution in [1.82, 2.24) is 5.32 Å². The van der Waals surface area contributed by atoms with Gasteiger partial charge in [0.05, 0.1) is 7.11 Å². The predicted molar refractivity (Wildman–Crippen MR) is 65.4 cm³/mol. The molecule has 0 saturated heterocycles. The molecule has 0 fully saturated rings. The van der Waals surface area contributed by atoms with Gasteiger partial charge in [-0.3, -0.25) is 9.59 Å². The van der Waals surface area contributed by atoms with E-state index in [1.165, 1.54) is 6.92 Å². The van der Waals surface area contributed by atoms with Crippen LogP contribution >= 0.6 is 11.6 Å². The van der Waals surface area contributed by atoms with E-state index in [1.807, 2.05) is 6.07 Å². The Labute approximate surface area is 105 Å². The maximum Gasteiger partial charge on any atom is 0.287 e. The Kier molecular flexibility index (Phi) is 4.97. The van der Waals surface area contributed by atoms with Crippen LogP contribution in [0.1, 0.15) is 12.5 Å². The maximum absolute atomic E-state index is 11.0. The van der Waals surface area contributed by atoms with E-state index >= 15 is 0 Å². The highest BCUT2D eigenvalue weighted by Crippen LogP contribution is 2.22. The van der Waals surface area contributed by atoms with Crippen LogP contribution in [0.15, 0.2) is 18.2 Å². The highest BCUT2D eigenvalue weighted by atomic mass is 35.5. The molecule has 0 atom stereocenters. The second-order valence-corrected chi connectivity index (χ2v) is 3.93. The average Bonchev–Trinajstić information content (AvgIpc) is 2.30. The topological polar surface area (TPSA) is 55.4 Å². The van der Waals surface area contributed by atoms with E-state index in [0.717, 1.165) is 5.56 Å². The van der Waals surface area contributed by atoms with E-state index in [9.17, 15) is 9.59 Å². The number of rotatable bonds is 5. The van der Waals surface area contributed by atoms with Crippen molar-refractivity contribution in [2.24, 2.45) is 0 Å². The molecule has 5 heteroatoms. The number of methoxy groups -OCH3 is 1. The van der Waals surface area contributed by atoms with Crippen LogP contribution < -0.4 is 10.1 Å². The first-order chi connectivity index (χ1) is 8.04. The predicted octanol–water partition coefficient (Wildman–Crippen LogP) is 1.60. The molecule has 1 rings (SSSR count). The first-order valence-electron chi connectivity index (χ1n) is 5.15. The van der Waals surface area contributed by atoms with Gasteiger partial charge < -0.3 is 10.1 Å². The standard InChI is InChI=1S/C12H14ClNO3/c1-8(15)12(16)14-6-5-9-3-4-10(17-2)7-11(9)13/h3-4,7H,5-6H2,1-2H3,(H,14,16). The molecule has 0 aliphatic rings. The number of halogens is 1. The van der Waals surface area contributed by atoms with Gasteiger partial charge in [-0.15, -0.1) is 0 Å². The lowest BCUT2D eigenvalue weighted by Gasteiger charge is -2.07. The number of Topliss-reactive ketones (excluding diaryl/α,β-unsaturated/α-hetero) is 1. The number of hydrogen-bond acceptors (Lipinski definition) is 3. The molecule has 0 heterocycles. The van der Waals surface area contributed by atoms with E-state index < -0.39 is 11.7 Å². The molecule has 0 radical (unpaired) electrons. The highest BCUT2D eigenvalue weighted by molar-refractivity contribution is 6.35. The third kappa shape index (κ3) is 4.07. The van der Waals surface area contributed by atoms with Crippen LogP contribution in [0.25, 0.3) is 0 Å². The summed E-state index contributed by atoms with van der Waals surface area (Å²) in [5.74, 6) is -0.382. The zero-order valence-corrected chi connectivity index (χ0v) is 10.5. The van der Waals surface area contributed by atoms with Crippen molar-refractivity contribution >= 4 is 23.3 Å². The summed E-state index contributed by atoms with van der Waals surface area (Å²) in [6, 6.07) is 5.35. The minimum Gasteiger partial charge on any atom is -0.497 e. The maximum atomic E-state index is 11.0. The number of nitrogens with one attached hydrogen (secondary N) is 1. The number of hydrogen-bond donors (Lipinski definition) is 1. The lowest BCUT2D eigenvalue weighted by molar-refractivity contribution is -0.136. The van der Waals surface area contributed by atoms with Crippen molar-refractivity contribution in [2.75, 3.05) is 13.7 Å². The molecule has 0 spiro atoms. The smallest absolute Gasteiger partial charge is 0.287 e. The summed E-state index contributed by atoms with van der Waals surface area (Å²) >= 11 is 6.03. The van der Waals surface area contributed by atoms with Gasteiger partial charge in [0, 0.05) is 18.5 Å². The average molecular weight is 256 g/mol. The summed E-state index contributed by atoms with van der Waals surface area (Å²) in [7, 11) is 1.57. The first-order valence-corrected chi connectivity index (χ1v) is 5.53. The van der Waals surface area contributed by atoms with Crippen molar-refractivity contribution < 1.29 is 14.3 Å². The number of carbonyl (C=O) groups excluding carboxylic acids is 2. The van der Waals surface area contributed by atoms with Gasteiger partial charge in [-0.25, -0.2) is 0 Å². The van der Waals surface area contributed by atoms with Gasteiger partial charge in [-0.05, 0) is 24.1 Å². The third-order valence-corrected chi connectivity index (χ3v) is 2.61. The number of ether oxygens (including phenoxy) is 1. The van der Waals surface area contributed by atoms with E-state index in [1.54, 1.807) is 19.2 Å². The molecule has 92 valence electrons. The van der Waals surface area contributed by atoms with Gasteiger partial charge in [0.1, 0.15) is 5.75 Å². The number of benzene rings is 1. The molecular weight excluding hydrogens is 242 g/mol. The summed E-state index contributed by atoms with van der Waals surface area (Å²) in [6.07, 6.45) is 0.571. The van der Waals surface area contributed by atoms with Crippen LogP contribution in [-0.2, 0) is 16.0 Å². The fourth-order valence-corrected chi connectivity index (χ4v) is 1.56. The largest absolute Gasteiger partial charge is 0.497 e.